The Hall–Kier alpha value is -1.76. The van der Waals surface area contributed by atoms with Gasteiger partial charge in [-0.25, -0.2) is 0 Å². The summed E-state index contributed by atoms with van der Waals surface area (Å²) >= 11 is 0. The van der Waals surface area contributed by atoms with E-state index in [9.17, 15) is 0 Å². The first-order chi connectivity index (χ1) is 9.29. The average molecular weight is 251 g/mol. The van der Waals surface area contributed by atoms with Gasteiger partial charge in [-0.1, -0.05) is 61.4 Å². The molecule has 2 aromatic rings. The maximum atomic E-state index is 3.71. The number of nitrogens with one attached hydrogen (secondary N) is 1. The second-order valence-corrected chi connectivity index (χ2v) is 5.52. The Labute approximate surface area is 115 Å². The second-order valence-electron chi connectivity index (χ2n) is 5.52. The van der Waals surface area contributed by atoms with Crippen molar-refractivity contribution in [3.63, 3.8) is 0 Å². The molecule has 0 saturated heterocycles. The fraction of sp³-hybridized carbons (Fsp3) is 0.333. The zero-order valence-corrected chi connectivity index (χ0v) is 11.7. The van der Waals surface area contributed by atoms with Crippen molar-refractivity contribution in [3.05, 3.63) is 65.2 Å². The molecule has 2 unspecified atom stereocenters. The highest BCUT2D eigenvalue weighted by Crippen LogP contribution is 2.46. The minimum atomic E-state index is 0.429. The Kier molecular flexibility index (Phi) is 3.29. The first-order valence-electron chi connectivity index (χ1n) is 7.21. The molecule has 0 aliphatic carbocycles. The zero-order valence-electron chi connectivity index (χ0n) is 11.7. The molecule has 1 N–H and O–H groups in total. The number of hydrogen-bond acceptors (Lipinski definition) is 1. The molecular weight excluding hydrogens is 230 g/mol. The lowest BCUT2D eigenvalue weighted by Gasteiger charge is -2.20. The summed E-state index contributed by atoms with van der Waals surface area (Å²) in [7, 11) is 0. The van der Waals surface area contributed by atoms with E-state index in [1.807, 2.05) is 0 Å². The molecule has 19 heavy (non-hydrogen) atoms. The fourth-order valence-electron chi connectivity index (χ4n) is 3.18. The molecule has 1 heteroatoms. The predicted molar refractivity (Wildman–Crippen MR) is 81.6 cm³/mol. The van der Waals surface area contributed by atoms with Crippen LogP contribution >= 0.6 is 0 Å². The van der Waals surface area contributed by atoms with Crippen molar-refractivity contribution >= 4 is 5.69 Å². The summed E-state index contributed by atoms with van der Waals surface area (Å²) in [5.74, 6) is 0.599. The minimum absolute atomic E-state index is 0.429. The first-order valence-corrected chi connectivity index (χ1v) is 7.21. The standard InChI is InChI=1S/C18H21N/c1-3-7-15-16-12-13(2)10-11-17(16)19-18(15)14-8-5-4-6-9-14/h4-6,8-12,15,18-19H,3,7H2,1-2H3. The van der Waals surface area contributed by atoms with E-state index in [2.05, 4.69) is 67.7 Å². The number of benzene rings is 2. The van der Waals surface area contributed by atoms with Gasteiger partial charge in [0, 0.05) is 11.6 Å². The summed E-state index contributed by atoms with van der Waals surface area (Å²) in [6.45, 7) is 4.45. The molecule has 1 nitrogen and oxygen atoms in total. The van der Waals surface area contributed by atoms with Gasteiger partial charge in [0.05, 0.1) is 6.04 Å². The highest BCUT2D eigenvalue weighted by atomic mass is 15.0. The van der Waals surface area contributed by atoms with Crippen LogP contribution in [0.25, 0.3) is 0 Å². The molecule has 0 radical (unpaired) electrons. The highest BCUT2D eigenvalue weighted by Gasteiger charge is 2.32. The number of fused-ring (bicyclic) bond motifs is 1. The van der Waals surface area contributed by atoms with Crippen LogP contribution in [0.5, 0.6) is 0 Å². The van der Waals surface area contributed by atoms with E-state index >= 15 is 0 Å². The highest BCUT2D eigenvalue weighted by molar-refractivity contribution is 5.61. The van der Waals surface area contributed by atoms with Crippen LogP contribution < -0.4 is 5.32 Å². The molecule has 0 fully saturated rings. The largest absolute Gasteiger partial charge is 0.377 e. The zero-order chi connectivity index (χ0) is 13.2. The predicted octanol–water partition coefficient (Wildman–Crippen LogP) is 5.05. The molecule has 1 aliphatic heterocycles. The lowest BCUT2D eigenvalue weighted by molar-refractivity contribution is 0.564. The Morgan fingerprint density at radius 2 is 1.84 bits per heavy atom. The number of anilines is 1. The molecule has 0 saturated carbocycles. The SMILES string of the molecule is CCCC1c2cc(C)ccc2NC1c1ccccc1. The van der Waals surface area contributed by atoms with Crippen molar-refractivity contribution in [2.45, 2.75) is 38.6 Å². The Morgan fingerprint density at radius 1 is 1.05 bits per heavy atom. The molecule has 0 amide bonds. The maximum Gasteiger partial charge on any atom is 0.0583 e. The van der Waals surface area contributed by atoms with Crippen LogP contribution in [-0.4, -0.2) is 0 Å². The lowest BCUT2D eigenvalue weighted by atomic mass is 9.86. The van der Waals surface area contributed by atoms with Gasteiger partial charge in [0.1, 0.15) is 0 Å². The lowest BCUT2D eigenvalue weighted by Crippen LogP contribution is -2.11. The van der Waals surface area contributed by atoms with Crippen LogP contribution in [0.15, 0.2) is 48.5 Å². The maximum absolute atomic E-state index is 3.71. The van der Waals surface area contributed by atoms with Gasteiger partial charge in [0.15, 0.2) is 0 Å². The van der Waals surface area contributed by atoms with Crippen LogP contribution in [-0.2, 0) is 0 Å². The van der Waals surface area contributed by atoms with Crippen molar-refractivity contribution in [2.75, 3.05) is 5.32 Å². The molecule has 0 spiro atoms. The molecule has 0 aromatic heterocycles. The summed E-state index contributed by atoms with van der Waals surface area (Å²) in [4.78, 5) is 0. The van der Waals surface area contributed by atoms with E-state index in [1.54, 1.807) is 0 Å². The van der Waals surface area contributed by atoms with Crippen LogP contribution in [0, 0.1) is 6.92 Å². The number of rotatable bonds is 3. The van der Waals surface area contributed by atoms with Gasteiger partial charge in [-0.15, -0.1) is 0 Å². The van der Waals surface area contributed by atoms with Crippen molar-refractivity contribution in [1.29, 1.82) is 0 Å². The fourth-order valence-corrected chi connectivity index (χ4v) is 3.18. The quantitative estimate of drug-likeness (QED) is 0.805. The van der Waals surface area contributed by atoms with E-state index in [-0.39, 0.29) is 0 Å². The van der Waals surface area contributed by atoms with Crippen LogP contribution in [0.4, 0.5) is 5.69 Å². The summed E-state index contributed by atoms with van der Waals surface area (Å²) in [6.07, 6.45) is 2.46. The average Bonchev–Trinajstić information content (AvgIpc) is 2.79. The first kappa shape index (κ1) is 12.3. The third kappa shape index (κ3) is 2.25. The van der Waals surface area contributed by atoms with Gasteiger partial charge in [-0.05, 0) is 30.5 Å². The second kappa shape index (κ2) is 5.08. The third-order valence-corrected chi connectivity index (χ3v) is 4.08. The molecule has 98 valence electrons. The van der Waals surface area contributed by atoms with Gasteiger partial charge in [-0.3, -0.25) is 0 Å². The Balaban J connectivity index is 2.00. The molecule has 1 heterocycles. The third-order valence-electron chi connectivity index (χ3n) is 4.08. The monoisotopic (exact) mass is 251 g/mol. The number of hydrogen-bond donors (Lipinski definition) is 1. The van der Waals surface area contributed by atoms with Gasteiger partial charge < -0.3 is 5.32 Å². The van der Waals surface area contributed by atoms with Crippen LogP contribution in [0.1, 0.15) is 48.4 Å². The van der Waals surface area contributed by atoms with Crippen LogP contribution in [0.3, 0.4) is 0 Å². The summed E-state index contributed by atoms with van der Waals surface area (Å²) in [5.41, 5.74) is 5.57. The van der Waals surface area contributed by atoms with Gasteiger partial charge >= 0.3 is 0 Å². The van der Waals surface area contributed by atoms with E-state index in [4.69, 9.17) is 0 Å². The molecule has 2 aromatic carbocycles. The smallest absolute Gasteiger partial charge is 0.0583 e. The molecule has 1 aliphatic rings. The van der Waals surface area contributed by atoms with Crippen molar-refractivity contribution in [1.82, 2.24) is 0 Å². The Bertz CT molecular complexity index is 559. The molecular formula is C18H21N. The van der Waals surface area contributed by atoms with E-state index in [0.29, 0.717) is 12.0 Å². The minimum Gasteiger partial charge on any atom is -0.377 e. The molecule has 2 atom stereocenters. The molecule has 3 rings (SSSR count). The molecule has 0 bridgehead atoms. The van der Waals surface area contributed by atoms with Gasteiger partial charge in [-0.2, -0.15) is 0 Å². The van der Waals surface area contributed by atoms with E-state index in [0.717, 1.165) is 0 Å². The van der Waals surface area contributed by atoms with Crippen molar-refractivity contribution in [2.24, 2.45) is 0 Å². The van der Waals surface area contributed by atoms with Gasteiger partial charge in [0.2, 0.25) is 0 Å². The van der Waals surface area contributed by atoms with Crippen LogP contribution in [0.2, 0.25) is 0 Å². The topological polar surface area (TPSA) is 12.0 Å². The summed E-state index contributed by atoms with van der Waals surface area (Å²) < 4.78 is 0. The van der Waals surface area contributed by atoms with Crippen molar-refractivity contribution in [3.8, 4) is 0 Å². The number of aryl methyl sites for hydroxylation is 1. The normalized spacial score (nSPS) is 20.9. The summed E-state index contributed by atoms with van der Waals surface area (Å²) in [6, 6.07) is 18.0. The van der Waals surface area contributed by atoms with Gasteiger partial charge in [0.25, 0.3) is 0 Å². The Morgan fingerprint density at radius 3 is 2.58 bits per heavy atom. The summed E-state index contributed by atoms with van der Waals surface area (Å²) in [5, 5.41) is 3.71. The van der Waals surface area contributed by atoms with E-state index in [1.165, 1.54) is 35.2 Å². The van der Waals surface area contributed by atoms with E-state index < -0.39 is 0 Å². The van der Waals surface area contributed by atoms with Crippen molar-refractivity contribution < 1.29 is 0 Å².